The summed E-state index contributed by atoms with van der Waals surface area (Å²) in [5, 5.41) is 0.734. The Morgan fingerprint density at radius 3 is 2.32 bits per heavy atom. The van der Waals surface area contributed by atoms with Crippen LogP contribution in [0.25, 0.3) is 28.0 Å². The van der Waals surface area contributed by atoms with Crippen molar-refractivity contribution in [3.05, 3.63) is 73.6 Å². The Hall–Kier alpha value is -3.57. The molecule has 1 amide bonds. The molecule has 0 saturated carbocycles. The van der Waals surface area contributed by atoms with Gasteiger partial charge in [-0.3, -0.25) is 0 Å². The molecule has 0 aliphatic carbocycles. The van der Waals surface area contributed by atoms with E-state index in [1.54, 1.807) is 29.2 Å². The number of fused-ring (bicyclic) bond motifs is 1. The Bertz CT molecular complexity index is 1880. The van der Waals surface area contributed by atoms with Gasteiger partial charge in [-0.1, -0.05) is 51.4 Å². The van der Waals surface area contributed by atoms with Crippen LogP contribution in [0.3, 0.4) is 0 Å². The Labute approximate surface area is 288 Å². The molecule has 4 aromatic rings. The largest absolute Gasteiger partial charge is 0.444 e. The minimum atomic E-state index is -0.636. The summed E-state index contributed by atoms with van der Waals surface area (Å²) in [6, 6.07) is 9.40. The average Bonchev–Trinajstić information content (AvgIpc) is 2.97. The number of ether oxygens (including phenoxy) is 1. The second-order valence-corrected chi connectivity index (χ2v) is 15.0. The van der Waals surface area contributed by atoms with E-state index < -0.39 is 23.2 Å². The van der Waals surface area contributed by atoms with Gasteiger partial charge in [-0.25, -0.2) is 28.5 Å². The number of piperazine rings is 1. The van der Waals surface area contributed by atoms with Gasteiger partial charge in [-0.05, 0) is 92.2 Å². The fourth-order valence-corrected chi connectivity index (χ4v) is 6.69. The highest BCUT2D eigenvalue weighted by atomic mass is 79.9. The van der Waals surface area contributed by atoms with Crippen LogP contribution < -0.4 is 10.6 Å². The van der Waals surface area contributed by atoms with Crippen LogP contribution >= 0.6 is 27.5 Å². The van der Waals surface area contributed by atoms with Crippen LogP contribution in [-0.2, 0) is 4.74 Å². The number of carbonyl (C=O) groups is 1. The SMILES string of the molecule is CC(C)c1cc(Br)nc(C(C)C)c1-n1c(=O)nc(N2C[C@@H](C)N(C(=O)OC(C)(C)C)C[C@@H]2C)c2cc(Cl)c(-c3ccccc3F)nc21. The van der Waals surface area contributed by atoms with Crippen molar-refractivity contribution >= 4 is 50.5 Å². The minimum Gasteiger partial charge on any atom is -0.444 e. The number of nitrogens with zero attached hydrogens (tertiary/aromatic N) is 6. The standard InChI is InChI=1S/C35H41BrClFN6O3/c1-18(2)23-15-27(36)39-28(19(3)4)30(23)44-32-24(14-25(37)29(40-32)22-12-10-11-13-26(22)38)31(41-33(44)45)42-16-21(6)43(17-20(42)5)34(46)47-35(7,8)9/h10-15,18-21H,16-17H2,1-9H3/t20-,21+/m0/s1. The van der Waals surface area contributed by atoms with E-state index in [2.05, 4.69) is 20.9 Å². The molecule has 1 fully saturated rings. The van der Waals surface area contributed by atoms with Crippen LogP contribution in [0.5, 0.6) is 0 Å². The number of aromatic nitrogens is 4. The number of carbonyl (C=O) groups excluding carboxylic acids is 1. The molecule has 0 N–H and O–H groups in total. The molecule has 3 aromatic heterocycles. The Morgan fingerprint density at radius 1 is 1.02 bits per heavy atom. The van der Waals surface area contributed by atoms with Gasteiger partial charge >= 0.3 is 11.8 Å². The highest BCUT2D eigenvalue weighted by molar-refractivity contribution is 9.10. The molecule has 47 heavy (non-hydrogen) atoms. The third-order valence-corrected chi connectivity index (χ3v) is 8.92. The number of anilines is 1. The second kappa shape index (κ2) is 13.1. The molecule has 12 heteroatoms. The summed E-state index contributed by atoms with van der Waals surface area (Å²) < 4.78 is 23.0. The van der Waals surface area contributed by atoms with Crippen molar-refractivity contribution in [3.63, 3.8) is 0 Å². The summed E-state index contributed by atoms with van der Waals surface area (Å²) in [5.74, 6) is -0.132. The summed E-state index contributed by atoms with van der Waals surface area (Å²) in [5.41, 5.74) is 1.69. The molecule has 1 aliphatic heterocycles. The molecule has 0 spiro atoms. The van der Waals surface area contributed by atoms with Crippen molar-refractivity contribution in [1.29, 1.82) is 0 Å². The maximum Gasteiger partial charge on any atom is 0.410 e. The van der Waals surface area contributed by atoms with Crippen LogP contribution in [-0.4, -0.2) is 61.3 Å². The molecule has 4 heterocycles. The lowest BCUT2D eigenvalue weighted by Crippen LogP contribution is -2.59. The van der Waals surface area contributed by atoms with E-state index in [9.17, 15) is 9.59 Å². The third kappa shape index (κ3) is 6.88. The number of amides is 1. The molecule has 0 bridgehead atoms. The van der Waals surface area contributed by atoms with E-state index in [1.807, 2.05) is 73.3 Å². The van der Waals surface area contributed by atoms with Gasteiger partial charge in [0.2, 0.25) is 0 Å². The molecule has 5 rings (SSSR count). The summed E-state index contributed by atoms with van der Waals surface area (Å²) in [4.78, 5) is 45.6. The number of hydrogen-bond donors (Lipinski definition) is 0. The fraction of sp³-hybridized carbons (Fsp3) is 0.457. The van der Waals surface area contributed by atoms with Gasteiger partial charge < -0.3 is 14.5 Å². The molecule has 250 valence electrons. The first-order valence-electron chi connectivity index (χ1n) is 15.8. The quantitative estimate of drug-likeness (QED) is 0.191. The van der Waals surface area contributed by atoms with Crippen molar-refractivity contribution in [2.45, 2.75) is 91.8 Å². The van der Waals surface area contributed by atoms with Crippen molar-refractivity contribution in [2.75, 3.05) is 18.0 Å². The first kappa shape index (κ1) is 34.8. The van der Waals surface area contributed by atoms with Gasteiger partial charge in [0.15, 0.2) is 5.65 Å². The monoisotopic (exact) mass is 726 g/mol. The normalized spacial score (nSPS) is 17.2. The van der Waals surface area contributed by atoms with Gasteiger partial charge in [-0.15, -0.1) is 0 Å². The zero-order chi connectivity index (χ0) is 34.5. The lowest BCUT2D eigenvalue weighted by atomic mass is 9.97. The summed E-state index contributed by atoms with van der Waals surface area (Å²) in [7, 11) is 0. The molecule has 9 nitrogen and oxygen atoms in total. The van der Waals surface area contributed by atoms with Crippen molar-refractivity contribution in [3.8, 4) is 16.9 Å². The van der Waals surface area contributed by atoms with Crippen LogP contribution in [0.1, 0.15) is 85.4 Å². The van der Waals surface area contributed by atoms with Crippen molar-refractivity contribution in [1.82, 2.24) is 24.4 Å². The minimum absolute atomic E-state index is 0.0172. The van der Waals surface area contributed by atoms with Crippen LogP contribution in [0.2, 0.25) is 5.02 Å². The first-order chi connectivity index (χ1) is 22.0. The number of halogens is 3. The molecule has 0 unspecified atom stereocenters. The Kier molecular flexibility index (Phi) is 9.72. The third-order valence-electron chi connectivity index (χ3n) is 8.23. The molecule has 1 saturated heterocycles. The Morgan fingerprint density at radius 2 is 1.70 bits per heavy atom. The predicted molar refractivity (Wildman–Crippen MR) is 188 cm³/mol. The number of pyridine rings is 2. The van der Waals surface area contributed by atoms with E-state index in [1.165, 1.54) is 10.6 Å². The van der Waals surface area contributed by atoms with E-state index in [0.29, 0.717) is 40.3 Å². The lowest BCUT2D eigenvalue weighted by Gasteiger charge is -2.44. The van der Waals surface area contributed by atoms with Gasteiger partial charge in [0.25, 0.3) is 0 Å². The van der Waals surface area contributed by atoms with E-state index in [0.717, 1.165) is 5.56 Å². The maximum absolute atomic E-state index is 15.2. The summed E-state index contributed by atoms with van der Waals surface area (Å²) in [6.45, 7) is 18.3. The van der Waals surface area contributed by atoms with Gasteiger partial charge in [0.05, 0.1) is 27.5 Å². The summed E-state index contributed by atoms with van der Waals surface area (Å²) in [6.07, 6.45) is -0.394. The second-order valence-electron chi connectivity index (χ2n) is 13.8. The van der Waals surface area contributed by atoms with E-state index in [4.69, 9.17) is 26.3 Å². The zero-order valence-electron chi connectivity index (χ0n) is 28.2. The van der Waals surface area contributed by atoms with Crippen molar-refractivity contribution < 1.29 is 13.9 Å². The lowest BCUT2D eigenvalue weighted by molar-refractivity contribution is 0.0130. The topological polar surface area (TPSA) is 93.5 Å². The van der Waals surface area contributed by atoms with Crippen LogP contribution in [0.15, 0.2) is 45.8 Å². The first-order valence-corrected chi connectivity index (χ1v) is 17.0. The zero-order valence-corrected chi connectivity index (χ0v) is 30.6. The van der Waals surface area contributed by atoms with Crippen molar-refractivity contribution in [2.24, 2.45) is 0 Å². The molecular weight excluding hydrogens is 687 g/mol. The van der Waals surface area contributed by atoms with Crippen LogP contribution in [0, 0.1) is 5.82 Å². The van der Waals surface area contributed by atoms with Gasteiger partial charge in [0.1, 0.15) is 21.8 Å². The van der Waals surface area contributed by atoms with E-state index >= 15 is 4.39 Å². The van der Waals surface area contributed by atoms with Gasteiger partial charge in [-0.2, -0.15) is 4.98 Å². The molecule has 2 atom stereocenters. The highest BCUT2D eigenvalue weighted by Gasteiger charge is 2.37. The Balaban J connectivity index is 1.79. The number of benzene rings is 1. The number of hydrogen-bond acceptors (Lipinski definition) is 7. The molecule has 1 aromatic carbocycles. The summed E-state index contributed by atoms with van der Waals surface area (Å²) >= 11 is 10.4. The van der Waals surface area contributed by atoms with Crippen LogP contribution in [0.4, 0.5) is 15.0 Å². The average molecular weight is 728 g/mol. The number of rotatable bonds is 5. The highest BCUT2D eigenvalue weighted by Crippen LogP contribution is 2.38. The molecular formula is C35H41BrClFN6O3. The van der Waals surface area contributed by atoms with Gasteiger partial charge in [0, 0.05) is 30.7 Å². The molecule has 1 aliphatic rings. The smallest absolute Gasteiger partial charge is 0.410 e. The molecule has 0 radical (unpaired) electrons. The van der Waals surface area contributed by atoms with E-state index in [-0.39, 0.29) is 45.8 Å². The fourth-order valence-electron chi connectivity index (χ4n) is 6.00. The predicted octanol–water partition coefficient (Wildman–Crippen LogP) is 8.48. The maximum atomic E-state index is 15.2.